The molecule has 1 amide bonds. The van der Waals surface area contributed by atoms with E-state index in [2.05, 4.69) is 15.5 Å². The zero-order valence-electron chi connectivity index (χ0n) is 12.2. The van der Waals surface area contributed by atoms with Gasteiger partial charge in [0.2, 0.25) is 5.91 Å². The lowest BCUT2D eigenvalue weighted by atomic mass is 10.1. The van der Waals surface area contributed by atoms with Crippen molar-refractivity contribution in [2.45, 2.75) is 12.1 Å². The minimum absolute atomic E-state index is 0.0904. The first-order valence-electron chi connectivity index (χ1n) is 6.55. The topological polar surface area (TPSA) is 97.1 Å². The lowest BCUT2D eigenvalue weighted by Gasteiger charge is -2.04. The van der Waals surface area contributed by atoms with Crippen LogP contribution in [0.15, 0.2) is 29.4 Å². The third kappa shape index (κ3) is 4.08. The zero-order chi connectivity index (χ0) is 16.1. The number of carbonyl (C=O) groups excluding carboxylic acids is 1. The van der Waals surface area contributed by atoms with Crippen LogP contribution in [0, 0.1) is 6.92 Å². The van der Waals surface area contributed by atoms with Crippen molar-refractivity contribution in [2.75, 3.05) is 12.3 Å². The molecule has 0 radical (unpaired) electrons. The van der Waals surface area contributed by atoms with E-state index in [1.807, 2.05) is 38.2 Å². The molecule has 0 aliphatic carbocycles. The summed E-state index contributed by atoms with van der Waals surface area (Å²) in [5.74, 6) is -0.618. The van der Waals surface area contributed by atoms with Gasteiger partial charge in [0.05, 0.1) is 5.75 Å². The van der Waals surface area contributed by atoms with Crippen LogP contribution in [0.4, 0.5) is 0 Å². The number of nitrogens with zero attached hydrogens (tertiary/aromatic N) is 3. The summed E-state index contributed by atoms with van der Waals surface area (Å²) in [4.78, 5) is 21.9. The van der Waals surface area contributed by atoms with E-state index in [1.165, 1.54) is 11.8 Å². The van der Waals surface area contributed by atoms with Crippen LogP contribution in [0.25, 0.3) is 11.4 Å². The second-order valence-corrected chi connectivity index (χ2v) is 5.63. The molecular weight excluding hydrogens is 304 g/mol. The van der Waals surface area contributed by atoms with Gasteiger partial charge in [0.15, 0.2) is 11.0 Å². The van der Waals surface area contributed by atoms with Crippen LogP contribution in [0.2, 0.25) is 0 Å². The number of benzene rings is 1. The van der Waals surface area contributed by atoms with Crippen molar-refractivity contribution in [3.05, 3.63) is 29.8 Å². The molecule has 0 atom stereocenters. The van der Waals surface area contributed by atoms with E-state index in [-0.39, 0.29) is 18.2 Å². The van der Waals surface area contributed by atoms with Gasteiger partial charge in [-0.15, -0.1) is 10.2 Å². The summed E-state index contributed by atoms with van der Waals surface area (Å²) in [7, 11) is 1.83. The van der Waals surface area contributed by atoms with Gasteiger partial charge in [-0.25, -0.2) is 0 Å². The molecule has 22 heavy (non-hydrogen) atoms. The number of carboxylic acids is 1. The van der Waals surface area contributed by atoms with Gasteiger partial charge in [0, 0.05) is 12.6 Å². The molecule has 1 aromatic heterocycles. The summed E-state index contributed by atoms with van der Waals surface area (Å²) in [5, 5.41) is 19.6. The lowest BCUT2D eigenvalue weighted by molar-refractivity contribution is -0.137. The Kier molecular flexibility index (Phi) is 5.16. The highest BCUT2D eigenvalue weighted by atomic mass is 32.2. The Bertz CT molecular complexity index is 682. The fraction of sp³-hybridized carbons (Fsp3) is 0.286. The zero-order valence-corrected chi connectivity index (χ0v) is 13.1. The fourth-order valence-electron chi connectivity index (χ4n) is 1.75. The number of thioether (sulfide) groups is 1. The van der Waals surface area contributed by atoms with Gasteiger partial charge in [-0.3, -0.25) is 9.59 Å². The maximum atomic E-state index is 11.5. The molecule has 116 valence electrons. The summed E-state index contributed by atoms with van der Waals surface area (Å²) >= 11 is 1.21. The van der Waals surface area contributed by atoms with Gasteiger partial charge in [-0.1, -0.05) is 41.6 Å². The summed E-state index contributed by atoms with van der Waals surface area (Å²) < 4.78 is 1.81. The Labute approximate surface area is 131 Å². The number of nitrogens with one attached hydrogen (secondary N) is 1. The predicted octanol–water partition coefficient (Wildman–Crippen LogP) is 1.08. The first kappa shape index (κ1) is 16.0. The number of hydrogen-bond donors (Lipinski definition) is 2. The van der Waals surface area contributed by atoms with Crippen LogP contribution in [-0.2, 0) is 16.6 Å². The number of hydrogen-bond acceptors (Lipinski definition) is 5. The van der Waals surface area contributed by atoms with Crippen molar-refractivity contribution < 1.29 is 14.7 Å². The van der Waals surface area contributed by atoms with Crippen molar-refractivity contribution in [2.24, 2.45) is 7.05 Å². The molecule has 0 saturated carbocycles. The lowest BCUT2D eigenvalue weighted by Crippen LogP contribution is -2.30. The number of aromatic nitrogens is 3. The Morgan fingerprint density at radius 3 is 2.59 bits per heavy atom. The molecule has 2 rings (SSSR count). The van der Waals surface area contributed by atoms with E-state index in [0.717, 1.165) is 11.1 Å². The van der Waals surface area contributed by atoms with E-state index in [9.17, 15) is 9.59 Å². The highest BCUT2D eigenvalue weighted by molar-refractivity contribution is 7.99. The van der Waals surface area contributed by atoms with Crippen molar-refractivity contribution >= 4 is 23.6 Å². The predicted molar refractivity (Wildman–Crippen MR) is 82.5 cm³/mol. The summed E-state index contributed by atoms with van der Waals surface area (Å²) in [6.07, 6.45) is 0. The first-order valence-corrected chi connectivity index (χ1v) is 7.53. The summed E-state index contributed by atoms with van der Waals surface area (Å²) in [5.41, 5.74) is 2.11. The normalized spacial score (nSPS) is 10.5. The Balaban J connectivity index is 2.00. The van der Waals surface area contributed by atoms with Crippen LogP contribution in [-0.4, -0.2) is 44.0 Å². The molecular formula is C14H16N4O3S. The first-order chi connectivity index (χ1) is 10.5. The minimum Gasteiger partial charge on any atom is -0.480 e. The van der Waals surface area contributed by atoms with Crippen molar-refractivity contribution in [1.82, 2.24) is 20.1 Å². The Morgan fingerprint density at radius 1 is 1.27 bits per heavy atom. The van der Waals surface area contributed by atoms with Crippen LogP contribution >= 0.6 is 11.8 Å². The Hall–Kier alpha value is -2.35. The van der Waals surface area contributed by atoms with E-state index in [1.54, 1.807) is 4.57 Å². The molecule has 1 aromatic carbocycles. The molecule has 2 aromatic rings. The molecule has 2 N–H and O–H groups in total. The van der Waals surface area contributed by atoms with Gasteiger partial charge in [0.1, 0.15) is 6.54 Å². The number of aryl methyl sites for hydroxylation is 1. The van der Waals surface area contributed by atoms with Crippen LogP contribution in [0.3, 0.4) is 0 Å². The number of amides is 1. The monoisotopic (exact) mass is 320 g/mol. The number of carbonyl (C=O) groups is 2. The molecule has 8 heteroatoms. The van der Waals surface area contributed by atoms with Gasteiger partial charge in [-0.2, -0.15) is 0 Å². The van der Waals surface area contributed by atoms with Gasteiger partial charge >= 0.3 is 5.97 Å². The maximum absolute atomic E-state index is 11.5. The van der Waals surface area contributed by atoms with Gasteiger partial charge < -0.3 is 15.0 Å². The van der Waals surface area contributed by atoms with E-state index >= 15 is 0 Å². The second kappa shape index (κ2) is 7.08. The number of rotatable bonds is 6. The minimum atomic E-state index is -1.07. The van der Waals surface area contributed by atoms with Crippen molar-refractivity contribution in [1.29, 1.82) is 0 Å². The largest absolute Gasteiger partial charge is 0.480 e. The smallest absolute Gasteiger partial charge is 0.322 e. The third-order valence-electron chi connectivity index (χ3n) is 2.91. The van der Waals surface area contributed by atoms with Crippen LogP contribution in [0.1, 0.15) is 5.56 Å². The summed E-state index contributed by atoms with van der Waals surface area (Å²) in [6, 6.07) is 7.92. The molecule has 0 fully saturated rings. The van der Waals surface area contributed by atoms with E-state index in [0.29, 0.717) is 11.0 Å². The van der Waals surface area contributed by atoms with Crippen LogP contribution < -0.4 is 5.32 Å². The van der Waals surface area contributed by atoms with E-state index < -0.39 is 5.97 Å². The molecule has 7 nitrogen and oxygen atoms in total. The average molecular weight is 320 g/mol. The fourth-order valence-corrected chi connectivity index (χ4v) is 2.49. The average Bonchev–Trinajstić information content (AvgIpc) is 2.85. The summed E-state index contributed by atoms with van der Waals surface area (Å²) in [6.45, 7) is 1.63. The molecule has 0 unspecified atom stereocenters. The molecule has 0 bridgehead atoms. The Morgan fingerprint density at radius 2 is 1.95 bits per heavy atom. The third-order valence-corrected chi connectivity index (χ3v) is 3.93. The van der Waals surface area contributed by atoms with E-state index in [4.69, 9.17) is 5.11 Å². The maximum Gasteiger partial charge on any atom is 0.322 e. The SMILES string of the molecule is Cc1ccc(-c2nnc(SCC(=O)NCC(=O)O)n2C)cc1. The van der Waals surface area contributed by atoms with Crippen molar-refractivity contribution in [3.63, 3.8) is 0 Å². The van der Waals surface area contributed by atoms with Gasteiger partial charge in [0.25, 0.3) is 0 Å². The highest BCUT2D eigenvalue weighted by Crippen LogP contribution is 2.22. The second-order valence-electron chi connectivity index (χ2n) is 4.69. The highest BCUT2D eigenvalue weighted by Gasteiger charge is 2.13. The molecule has 0 aliphatic rings. The number of carboxylic acid groups (broad SMARTS) is 1. The molecule has 1 heterocycles. The molecule has 0 spiro atoms. The number of aliphatic carboxylic acids is 1. The quantitative estimate of drug-likeness (QED) is 0.773. The molecule has 0 saturated heterocycles. The molecule has 0 aliphatic heterocycles. The standard InChI is InChI=1S/C14H16N4O3S/c1-9-3-5-10(6-4-9)13-16-17-14(18(13)2)22-8-11(19)15-7-12(20)21/h3-6H,7-8H2,1-2H3,(H,15,19)(H,20,21). The van der Waals surface area contributed by atoms with Crippen LogP contribution in [0.5, 0.6) is 0 Å². The van der Waals surface area contributed by atoms with Gasteiger partial charge in [-0.05, 0) is 6.92 Å². The van der Waals surface area contributed by atoms with Crippen molar-refractivity contribution in [3.8, 4) is 11.4 Å².